The standard InChI is InChI=1S/C18H25N3O3/c1-3-4-11-23-18(22)21-10-9-20(14(2)12-21)13-17-19-15-7-5-6-8-16(15)24-17/h5-8,14H,3-4,9-13H2,1-2H3/t14-/m0/s1. The van der Waals surface area contributed by atoms with Crippen LogP contribution in [0.3, 0.4) is 0 Å². The van der Waals surface area contributed by atoms with Gasteiger partial charge in [0.1, 0.15) is 5.52 Å². The molecule has 24 heavy (non-hydrogen) atoms. The predicted molar refractivity (Wildman–Crippen MR) is 91.7 cm³/mol. The van der Waals surface area contributed by atoms with Crippen molar-refractivity contribution in [3.63, 3.8) is 0 Å². The number of hydrogen-bond acceptors (Lipinski definition) is 5. The summed E-state index contributed by atoms with van der Waals surface area (Å²) in [5.41, 5.74) is 1.71. The number of piperazine rings is 1. The lowest BCUT2D eigenvalue weighted by atomic mass is 10.2. The summed E-state index contributed by atoms with van der Waals surface area (Å²) < 4.78 is 11.1. The molecule has 130 valence electrons. The highest BCUT2D eigenvalue weighted by Gasteiger charge is 2.28. The maximum atomic E-state index is 12.1. The van der Waals surface area contributed by atoms with Crippen molar-refractivity contribution < 1.29 is 13.9 Å². The SMILES string of the molecule is CCCCOC(=O)N1CCN(Cc2nc3ccccc3o2)[C@@H](C)C1. The van der Waals surface area contributed by atoms with E-state index in [0.717, 1.165) is 36.4 Å². The number of fused-ring (bicyclic) bond motifs is 1. The van der Waals surface area contributed by atoms with Gasteiger partial charge in [-0.15, -0.1) is 0 Å². The summed E-state index contributed by atoms with van der Waals surface area (Å²) in [6.07, 6.45) is 1.75. The molecule has 0 N–H and O–H groups in total. The van der Waals surface area contributed by atoms with Crippen molar-refractivity contribution in [3.8, 4) is 0 Å². The Kier molecular flexibility index (Phi) is 5.35. The molecule has 2 aromatic rings. The molecule has 2 heterocycles. The molecule has 0 radical (unpaired) electrons. The van der Waals surface area contributed by atoms with Gasteiger partial charge in [0.15, 0.2) is 5.58 Å². The third-order valence-electron chi connectivity index (χ3n) is 4.42. The fourth-order valence-electron chi connectivity index (χ4n) is 2.95. The maximum Gasteiger partial charge on any atom is 0.409 e. The van der Waals surface area contributed by atoms with Gasteiger partial charge in [-0.1, -0.05) is 25.5 Å². The second-order valence-corrected chi connectivity index (χ2v) is 6.31. The van der Waals surface area contributed by atoms with Crippen LogP contribution >= 0.6 is 0 Å². The van der Waals surface area contributed by atoms with Gasteiger partial charge in [0.25, 0.3) is 0 Å². The van der Waals surface area contributed by atoms with Crippen LogP contribution in [0.2, 0.25) is 0 Å². The van der Waals surface area contributed by atoms with Crippen molar-refractivity contribution in [2.24, 2.45) is 0 Å². The Hall–Kier alpha value is -2.08. The molecular weight excluding hydrogens is 306 g/mol. The van der Waals surface area contributed by atoms with E-state index >= 15 is 0 Å². The third-order valence-corrected chi connectivity index (χ3v) is 4.42. The molecule has 0 unspecified atom stereocenters. The molecule has 1 amide bonds. The van der Waals surface area contributed by atoms with Crippen molar-refractivity contribution in [3.05, 3.63) is 30.2 Å². The highest BCUT2D eigenvalue weighted by molar-refractivity contribution is 5.72. The van der Waals surface area contributed by atoms with Gasteiger partial charge in [-0.05, 0) is 25.5 Å². The molecule has 1 aromatic heterocycles. The number of hydrogen-bond donors (Lipinski definition) is 0. The summed E-state index contributed by atoms with van der Waals surface area (Å²) in [4.78, 5) is 20.7. The zero-order valence-corrected chi connectivity index (χ0v) is 14.4. The highest BCUT2D eigenvalue weighted by atomic mass is 16.6. The Labute approximate surface area is 142 Å². The van der Waals surface area contributed by atoms with Gasteiger partial charge < -0.3 is 14.1 Å². The molecule has 6 heteroatoms. The summed E-state index contributed by atoms with van der Waals surface area (Å²) in [6.45, 7) is 7.51. The number of unbranched alkanes of at least 4 members (excludes halogenated alkanes) is 1. The Morgan fingerprint density at radius 1 is 1.38 bits per heavy atom. The van der Waals surface area contributed by atoms with Gasteiger partial charge >= 0.3 is 6.09 Å². The number of rotatable bonds is 5. The summed E-state index contributed by atoms with van der Waals surface area (Å²) in [5.74, 6) is 0.724. The minimum absolute atomic E-state index is 0.197. The molecule has 0 bridgehead atoms. The number of nitrogens with zero attached hydrogens (tertiary/aromatic N) is 3. The molecule has 0 aliphatic carbocycles. The van der Waals surface area contributed by atoms with E-state index in [4.69, 9.17) is 9.15 Å². The Balaban J connectivity index is 1.54. The van der Waals surface area contributed by atoms with E-state index in [1.807, 2.05) is 24.3 Å². The van der Waals surface area contributed by atoms with Gasteiger partial charge in [0.05, 0.1) is 13.2 Å². The van der Waals surface area contributed by atoms with Crippen LogP contribution in [0.4, 0.5) is 4.79 Å². The fourth-order valence-corrected chi connectivity index (χ4v) is 2.95. The lowest BCUT2D eigenvalue weighted by molar-refractivity contribution is 0.0487. The quantitative estimate of drug-likeness (QED) is 0.787. The molecule has 1 aliphatic heterocycles. The average molecular weight is 331 g/mol. The second-order valence-electron chi connectivity index (χ2n) is 6.31. The van der Waals surface area contributed by atoms with Crippen LogP contribution in [0.15, 0.2) is 28.7 Å². The van der Waals surface area contributed by atoms with Gasteiger partial charge in [-0.25, -0.2) is 9.78 Å². The van der Waals surface area contributed by atoms with Crippen molar-refractivity contribution in [2.75, 3.05) is 26.2 Å². The minimum Gasteiger partial charge on any atom is -0.449 e. The van der Waals surface area contributed by atoms with Gasteiger partial charge in [-0.3, -0.25) is 4.90 Å². The normalized spacial score (nSPS) is 18.9. The van der Waals surface area contributed by atoms with Crippen LogP contribution in [-0.4, -0.2) is 53.2 Å². The van der Waals surface area contributed by atoms with Crippen LogP contribution in [-0.2, 0) is 11.3 Å². The van der Waals surface area contributed by atoms with Crippen LogP contribution < -0.4 is 0 Å². The topological polar surface area (TPSA) is 58.8 Å². The van der Waals surface area contributed by atoms with Crippen molar-refractivity contribution in [1.82, 2.24) is 14.8 Å². The Morgan fingerprint density at radius 3 is 2.96 bits per heavy atom. The number of ether oxygens (including phenoxy) is 1. The first-order chi connectivity index (χ1) is 11.7. The number of para-hydroxylation sites is 2. The smallest absolute Gasteiger partial charge is 0.409 e. The summed E-state index contributed by atoms with van der Waals surface area (Å²) in [5, 5.41) is 0. The predicted octanol–water partition coefficient (Wildman–Crippen LogP) is 3.27. The van der Waals surface area contributed by atoms with E-state index in [1.165, 1.54) is 0 Å². The molecule has 3 rings (SSSR count). The second kappa shape index (κ2) is 7.66. The van der Waals surface area contributed by atoms with Crippen molar-refractivity contribution in [1.29, 1.82) is 0 Å². The zero-order chi connectivity index (χ0) is 16.9. The zero-order valence-electron chi connectivity index (χ0n) is 14.4. The lowest BCUT2D eigenvalue weighted by Crippen LogP contribution is -2.53. The molecule has 1 atom stereocenters. The van der Waals surface area contributed by atoms with Gasteiger partial charge in [0, 0.05) is 25.7 Å². The number of aromatic nitrogens is 1. The summed E-state index contributed by atoms with van der Waals surface area (Å²) in [7, 11) is 0. The van der Waals surface area contributed by atoms with E-state index in [9.17, 15) is 4.79 Å². The largest absolute Gasteiger partial charge is 0.449 e. The molecule has 1 saturated heterocycles. The number of benzene rings is 1. The Morgan fingerprint density at radius 2 is 2.21 bits per heavy atom. The van der Waals surface area contributed by atoms with Crippen LogP contribution in [0.5, 0.6) is 0 Å². The van der Waals surface area contributed by atoms with Crippen LogP contribution in [0.25, 0.3) is 11.1 Å². The first-order valence-corrected chi connectivity index (χ1v) is 8.67. The van der Waals surface area contributed by atoms with E-state index in [2.05, 4.69) is 23.7 Å². The average Bonchev–Trinajstić information content (AvgIpc) is 2.99. The van der Waals surface area contributed by atoms with Crippen molar-refractivity contribution >= 4 is 17.2 Å². The monoisotopic (exact) mass is 331 g/mol. The first kappa shape index (κ1) is 16.8. The molecule has 0 spiro atoms. The highest BCUT2D eigenvalue weighted by Crippen LogP contribution is 2.19. The van der Waals surface area contributed by atoms with E-state index < -0.39 is 0 Å². The van der Waals surface area contributed by atoms with E-state index in [-0.39, 0.29) is 12.1 Å². The summed E-state index contributed by atoms with van der Waals surface area (Å²) >= 11 is 0. The maximum absolute atomic E-state index is 12.1. The molecule has 1 fully saturated rings. The van der Waals surface area contributed by atoms with Crippen LogP contribution in [0, 0.1) is 0 Å². The number of carbonyl (C=O) groups is 1. The number of oxazole rings is 1. The molecule has 6 nitrogen and oxygen atoms in total. The third kappa shape index (κ3) is 3.87. The fraction of sp³-hybridized carbons (Fsp3) is 0.556. The first-order valence-electron chi connectivity index (χ1n) is 8.67. The molecule has 0 saturated carbocycles. The lowest BCUT2D eigenvalue weighted by Gasteiger charge is -2.38. The van der Waals surface area contributed by atoms with Crippen LogP contribution in [0.1, 0.15) is 32.6 Å². The van der Waals surface area contributed by atoms with E-state index in [0.29, 0.717) is 26.2 Å². The molecule has 1 aliphatic rings. The summed E-state index contributed by atoms with van der Waals surface area (Å²) in [6, 6.07) is 8.03. The molecule has 1 aromatic carbocycles. The molecular formula is C18H25N3O3. The van der Waals surface area contributed by atoms with Crippen molar-refractivity contribution in [2.45, 2.75) is 39.3 Å². The van der Waals surface area contributed by atoms with Gasteiger partial charge in [0.2, 0.25) is 5.89 Å². The number of amides is 1. The Bertz CT molecular complexity index is 652. The van der Waals surface area contributed by atoms with Gasteiger partial charge in [-0.2, -0.15) is 0 Å². The minimum atomic E-state index is -0.197. The number of carbonyl (C=O) groups excluding carboxylic acids is 1. The van der Waals surface area contributed by atoms with E-state index in [1.54, 1.807) is 4.90 Å².